The Kier molecular flexibility index (Phi) is 5.62. The molecule has 3 heterocycles. The third-order valence-corrected chi connectivity index (χ3v) is 5.38. The zero-order valence-electron chi connectivity index (χ0n) is 16.2. The molecule has 10 heteroatoms. The number of amides is 1. The third-order valence-electron chi connectivity index (χ3n) is 5.10. The molecule has 0 N–H and O–H groups in total. The van der Waals surface area contributed by atoms with E-state index in [1.165, 1.54) is 11.0 Å². The van der Waals surface area contributed by atoms with Gasteiger partial charge in [-0.25, -0.2) is 9.78 Å². The molecule has 0 bridgehead atoms. The second-order valence-electron chi connectivity index (χ2n) is 7.15. The van der Waals surface area contributed by atoms with Gasteiger partial charge in [-0.2, -0.15) is 13.2 Å². The highest BCUT2D eigenvalue weighted by molar-refractivity contribution is 6.33. The van der Waals surface area contributed by atoms with Crippen LogP contribution in [0.1, 0.15) is 22.3 Å². The van der Waals surface area contributed by atoms with Gasteiger partial charge in [-0.3, -0.25) is 4.79 Å². The van der Waals surface area contributed by atoms with Crippen LogP contribution in [-0.2, 0) is 6.18 Å². The predicted octanol–water partition coefficient (Wildman–Crippen LogP) is 4.21. The second kappa shape index (κ2) is 8.22. The van der Waals surface area contributed by atoms with E-state index >= 15 is 0 Å². The maximum atomic E-state index is 13.0. The van der Waals surface area contributed by atoms with Crippen LogP contribution in [0.4, 0.5) is 19.0 Å². The first-order chi connectivity index (χ1) is 14.7. The Balaban J connectivity index is 1.53. The minimum absolute atomic E-state index is 0.0576. The van der Waals surface area contributed by atoms with Crippen molar-refractivity contribution < 1.29 is 22.4 Å². The summed E-state index contributed by atoms with van der Waals surface area (Å²) < 4.78 is 43.8. The van der Waals surface area contributed by atoms with Gasteiger partial charge in [0.05, 0.1) is 10.6 Å². The Bertz CT molecular complexity index is 1200. The molecule has 2 aromatic heterocycles. The number of pyridine rings is 1. The average molecular weight is 452 g/mol. The SMILES string of the molecule is O=C(c1cc2ccccc2oc1=O)N1CCCN(c2ncc(C(F)(F)F)cc2Cl)CC1. The average Bonchev–Trinajstić information content (AvgIpc) is 2.98. The monoisotopic (exact) mass is 451 g/mol. The number of benzene rings is 1. The fourth-order valence-corrected chi connectivity index (χ4v) is 3.82. The normalized spacial score (nSPS) is 15.2. The van der Waals surface area contributed by atoms with E-state index in [4.69, 9.17) is 16.0 Å². The number of hydrogen-bond donors (Lipinski definition) is 0. The summed E-state index contributed by atoms with van der Waals surface area (Å²) in [6, 6.07) is 9.27. The number of carbonyl (C=O) groups is 1. The first-order valence-electron chi connectivity index (χ1n) is 9.54. The lowest BCUT2D eigenvalue weighted by atomic mass is 10.1. The van der Waals surface area contributed by atoms with Gasteiger partial charge in [-0.15, -0.1) is 0 Å². The van der Waals surface area contributed by atoms with E-state index in [0.717, 1.165) is 12.3 Å². The molecule has 31 heavy (non-hydrogen) atoms. The third kappa shape index (κ3) is 4.36. The van der Waals surface area contributed by atoms with Gasteiger partial charge < -0.3 is 14.2 Å². The molecule has 0 spiro atoms. The van der Waals surface area contributed by atoms with E-state index in [1.807, 2.05) is 0 Å². The second-order valence-corrected chi connectivity index (χ2v) is 7.55. The first kappa shape index (κ1) is 21.2. The van der Waals surface area contributed by atoms with Gasteiger partial charge in [0, 0.05) is 37.8 Å². The number of halogens is 4. The van der Waals surface area contributed by atoms with Crippen LogP contribution < -0.4 is 10.5 Å². The van der Waals surface area contributed by atoms with Crippen molar-refractivity contribution in [1.82, 2.24) is 9.88 Å². The van der Waals surface area contributed by atoms with Crippen LogP contribution in [0, 0.1) is 0 Å². The summed E-state index contributed by atoms with van der Waals surface area (Å²) in [5.41, 5.74) is -1.29. The molecule has 1 saturated heterocycles. The van der Waals surface area contributed by atoms with E-state index in [2.05, 4.69) is 4.98 Å². The minimum Gasteiger partial charge on any atom is -0.422 e. The summed E-state index contributed by atoms with van der Waals surface area (Å²) in [5.74, 6) is -0.220. The molecular formula is C21H17ClF3N3O3. The highest BCUT2D eigenvalue weighted by Crippen LogP contribution is 2.33. The first-order valence-corrected chi connectivity index (χ1v) is 9.92. The smallest absolute Gasteiger partial charge is 0.417 e. The number of para-hydroxylation sites is 1. The van der Waals surface area contributed by atoms with E-state index < -0.39 is 23.3 Å². The molecule has 6 nitrogen and oxygen atoms in total. The molecule has 4 rings (SSSR count). The van der Waals surface area contributed by atoms with Gasteiger partial charge in [-0.05, 0) is 24.6 Å². The van der Waals surface area contributed by atoms with Crippen LogP contribution in [0.3, 0.4) is 0 Å². The number of anilines is 1. The summed E-state index contributed by atoms with van der Waals surface area (Å²) in [6.07, 6.45) is -3.25. The van der Waals surface area contributed by atoms with Gasteiger partial charge in [-0.1, -0.05) is 29.8 Å². The van der Waals surface area contributed by atoms with E-state index in [-0.39, 0.29) is 22.9 Å². The predicted molar refractivity (Wildman–Crippen MR) is 109 cm³/mol. The van der Waals surface area contributed by atoms with E-state index in [1.54, 1.807) is 29.2 Å². The highest BCUT2D eigenvalue weighted by Gasteiger charge is 2.32. The maximum Gasteiger partial charge on any atom is 0.417 e. The molecule has 1 aliphatic heterocycles. The molecule has 3 aromatic rings. The van der Waals surface area contributed by atoms with Crippen molar-refractivity contribution in [2.24, 2.45) is 0 Å². The molecule has 1 amide bonds. The highest BCUT2D eigenvalue weighted by atomic mass is 35.5. The lowest BCUT2D eigenvalue weighted by molar-refractivity contribution is -0.137. The minimum atomic E-state index is -4.53. The largest absolute Gasteiger partial charge is 0.422 e. The van der Waals surface area contributed by atoms with Gasteiger partial charge in [0.25, 0.3) is 5.91 Å². The van der Waals surface area contributed by atoms with Crippen LogP contribution in [0.25, 0.3) is 11.0 Å². The van der Waals surface area contributed by atoms with E-state index in [9.17, 15) is 22.8 Å². The number of nitrogens with zero attached hydrogens (tertiary/aromatic N) is 3. The van der Waals surface area contributed by atoms with Crippen molar-refractivity contribution in [1.29, 1.82) is 0 Å². The molecule has 0 unspecified atom stereocenters. The summed E-state index contributed by atoms with van der Waals surface area (Å²) in [7, 11) is 0. The molecule has 1 aromatic carbocycles. The summed E-state index contributed by atoms with van der Waals surface area (Å²) in [6.45, 7) is 1.39. The lowest BCUT2D eigenvalue weighted by Crippen LogP contribution is -2.37. The molecule has 0 aliphatic carbocycles. The van der Waals surface area contributed by atoms with Crippen molar-refractivity contribution >= 4 is 34.3 Å². The van der Waals surface area contributed by atoms with Crippen molar-refractivity contribution in [3.63, 3.8) is 0 Å². The zero-order valence-corrected chi connectivity index (χ0v) is 16.9. The number of carbonyl (C=O) groups excluding carboxylic acids is 1. The summed E-state index contributed by atoms with van der Waals surface area (Å²) in [4.78, 5) is 32.4. The number of hydrogen-bond acceptors (Lipinski definition) is 5. The van der Waals surface area contributed by atoms with E-state index in [0.29, 0.717) is 37.0 Å². The standard InChI is InChI=1S/C21H17ClF3N3O3/c22-16-11-14(21(23,24)25)12-26-18(16)27-6-3-7-28(9-8-27)19(29)15-10-13-4-1-2-5-17(13)31-20(15)30/h1-2,4-5,10-12H,3,6-9H2. The summed E-state index contributed by atoms with van der Waals surface area (Å²) in [5, 5.41) is 0.535. The Morgan fingerprint density at radius 3 is 2.61 bits per heavy atom. The van der Waals surface area contributed by atoms with Crippen molar-refractivity contribution in [2.45, 2.75) is 12.6 Å². The van der Waals surface area contributed by atoms with Crippen molar-refractivity contribution in [3.05, 3.63) is 69.2 Å². The fraction of sp³-hybridized carbons (Fsp3) is 0.286. The van der Waals surface area contributed by atoms with Crippen LogP contribution in [0.5, 0.6) is 0 Å². The Labute approximate surface area is 179 Å². The molecule has 162 valence electrons. The van der Waals surface area contributed by atoms with Gasteiger partial charge in [0.15, 0.2) is 0 Å². The number of aromatic nitrogens is 1. The quantitative estimate of drug-likeness (QED) is 0.546. The molecular weight excluding hydrogens is 435 g/mol. The molecule has 0 atom stereocenters. The maximum absolute atomic E-state index is 13.0. The number of alkyl halides is 3. The Morgan fingerprint density at radius 1 is 1.10 bits per heavy atom. The van der Waals surface area contributed by atoms with Crippen molar-refractivity contribution in [3.8, 4) is 0 Å². The molecule has 1 fully saturated rings. The van der Waals surface area contributed by atoms with Crippen LogP contribution in [-0.4, -0.2) is 42.0 Å². The van der Waals surface area contributed by atoms with Gasteiger partial charge in [0.2, 0.25) is 0 Å². The number of fused-ring (bicyclic) bond motifs is 1. The van der Waals surface area contributed by atoms with Crippen LogP contribution in [0.15, 0.2) is 51.8 Å². The fourth-order valence-electron chi connectivity index (χ4n) is 3.53. The van der Waals surface area contributed by atoms with Gasteiger partial charge >= 0.3 is 11.8 Å². The zero-order chi connectivity index (χ0) is 22.2. The Morgan fingerprint density at radius 2 is 1.87 bits per heavy atom. The molecule has 0 saturated carbocycles. The van der Waals surface area contributed by atoms with Gasteiger partial charge in [0.1, 0.15) is 17.0 Å². The molecule has 1 aliphatic rings. The number of rotatable bonds is 2. The lowest BCUT2D eigenvalue weighted by Gasteiger charge is -2.24. The Hall–Kier alpha value is -3.07. The van der Waals surface area contributed by atoms with Crippen LogP contribution in [0.2, 0.25) is 5.02 Å². The summed E-state index contributed by atoms with van der Waals surface area (Å²) >= 11 is 6.05. The van der Waals surface area contributed by atoms with Crippen LogP contribution >= 0.6 is 11.6 Å². The van der Waals surface area contributed by atoms with Crippen molar-refractivity contribution in [2.75, 3.05) is 31.1 Å². The molecule has 0 radical (unpaired) electrons. The topological polar surface area (TPSA) is 66.7 Å².